The molecule has 1 amide bonds. The first-order valence-electron chi connectivity index (χ1n) is 6.21. The minimum atomic E-state index is 0.00979. The number of nitrogens with zero attached hydrogens (tertiary/aromatic N) is 2. The molecule has 1 rings (SSSR count). The topological polar surface area (TPSA) is 49.6 Å². The van der Waals surface area contributed by atoms with Gasteiger partial charge in [0.1, 0.15) is 0 Å². The van der Waals surface area contributed by atoms with E-state index in [2.05, 4.69) is 4.90 Å². The van der Waals surface area contributed by atoms with E-state index < -0.39 is 0 Å². The van der Waals surface area contributed by atoms with E-state index in [1.54, 1.807) is 4.90 Å². The van der Waals surface area contributed by atoms with Gasteiger partial charge in [0.25, 0.3) is 0 Å². The van der Waals surface area contributed by atoms with Gasteiger partial charge in [-0.1, -0.05) is 0 Å². The summed E-state index contributed by atoms with van der Waals surface area (Å²) in [5.41, 5.74) is 5.60. The molecule has 4 heteroatoms. The maximum absolute atomic E-state index is 11.9. The number of amides is 1. The maximum Gasteiger partial charge on any atom is 0.239 e. The molecule has 4 nitrogen and oxygen atoms in total. The Morgan fingerprint density at radius 1 is 1.56 bits per heavy atom. The van der Waals surface area contributed by atoms with E-state index in [1.165, 1.54) is 12.8 Å². The van der Waals surface area contributed by atoms with Gasteiger partial charge in [0, 0.05) is 20.6 Å². The standard InChI is InChI=1S/C12H25N3O/c1-10(12(16)14(2)3)15-8-4-5-11(9-15)6-7-13/h10-11H,4-9,13H2,1-3H3. The van der Waals surface area contributed by atoms with Crippen LogP contribution in [0.3, 0.4) is 0 Å². The van der Waals surface area contributed by atoms with E-state index in [4.69, 9.17) is 5.73 Å². The van der Waals surface area contributed by atoms with Crippen molar-refractivity contribution in [2.24, 2.45) is 11.7 Å². The molecule has 0 aromatic rings. The van der Waals surface area contributed by atoms with Gasteiger partial charge in [-0.25, -0.2) is 0 Å². The molecule has 1 heterocycles. The predicted octanol–water partition coefficient (Wildman–Crippen LogP) is 0.524. The molecule has 16 heavy (non-hydrogen) atoms. The summed E-state index contributed by atoms with van der Waals surface area (Å²) in [6.45, 7) is 4.83. The van der Waals surface area contributed by atoms with Crippen LogP contribution in [0.5, 0.6) is 0 Å². The highest BCUT2D eigenvalue weighted by molar-refractivity contribution is 5.80. The van der Waals surface area contributed by atoms with Crippen molar-refractivity contribution in [3.8, 4) is 0 Å². The Morgan fingerprint density at radius 2 is 2.25 bits per heavy atom. The Hall–Kier alpha value is -0.610. The molecule has 0 aromatic heterocycles. The highest BCUT2D eigenvalue weighted by atomic mass is 16.2. The smallest absolute Gasteiger partial charge is 0.239 e. The minimum absolute atomic E-state index is 0.00979. The second-order valence-electron chi connectivity index (χ2n) is 4.99. The van der Waals surface area contributed by atoms with Crippen LogP contribution in [-0.2, 0) is 4.79 Å². The Morgan fingerprint density at radius 3 is 2.81 bits per heavy atom. The van der Waals surface area contributed by atoms with Crippen molar-refractivity contribution in [3.63, 3.8) is 0 Å². The van der Waals surface area contributed by atoms with Gasteiger partial charge in [0.05, 0.1) is 6.04 Å². The number of likely N-dealkylation sites (N-methyl/N-ethyl adjacent to an activating group) is 1. The van der Waals surface area contributed by atoms with Crippen LogP contribution in [0.1, 0.15) is 26.2 Å². The Balaban J connectivity index is 2.49. The molecule has 0 saturated carbocycles. The first kappa shape index (κ1) is 13.5. The van der Waals surface area contributed by atoms with Crippen LogP contribution in [0.15, 0.2) is 0 Å². The SMILES string of the molecule is CC(C(=O)N(C)C)N1CCCC(CCN)C1. The zero-order valence-electron chi connectivity index (χ0n) is 10.8. The molecule has 0 radical (unpaired) electrons. The normalized spacial score (nSPS) is 24.1. The summed E-state index contributed by atoms with van der Waals surface area (Å²) in [5, 5.41) is 0. The molecular formula is C12H25N3O. The van der Waals surface area contributed by atoms with Crippen molar-refractivity contribution in [3.05, 3.63) is 0 Å². The van der Waals surface area contributed by atoms with Crippen molar-refractivity contribution in [2.75, 3.05) is 33.7 Å². The average Bonchev–Trinajstić information content (AvgIpc) is 2.28. The minimum Gasteiger partial charge on any atom is -0.347 e. The van der Waals surface area contributed by atoms with Crippen LogP contribution in [0.4, 0.5) is 0 Å². The molecule has 2 atom stereocenters. The number of likely N-dealkylation sites (tertiary alicyclic amines) is 1. The molecule has 0 bridgehead atoms. The lowest BCUT2D eigenvalue weighted by atomic mass is 9.94. The summed E-state index contributed by atoms with van der Waals surface area (Å²) >= 11 is 0. The van der Waals surface area contributed by atoms with E-state index in [0.29, 0.717) is 5.92 Å². The number of rotatable bonds is 4. The summed E-state index contributed by atoms with van der Waals surface area (Å²) in [6, 6.07) is 0.00979. The van der Waals surface area contributed by atoms with Crippen LogP contribution in [0.25, 0.3) is 0 Å². The quantitative estimate of drug-likeness (QED) is 0.762. The van der Waals surface area contributed by atoms with Gasteiger partial charge in [0.15, 0.2) is 0 Å². The Labute approximate surface area is 98.8 Å². The van der Waals surface area contributed by atoms with Gasteiger partial charge in [-0.3, -0.25) is 9.69 Å². The lowest BCUT2D eigenvalue weighted by Gasteiger charge is -2.36. The van der Waals surface area contributed by atoms with E-state index in [0.717, 1.165) is 26.1 Å². The third kappa shape index (κ3) is 3.46. The molecule has 2 N–H and O–H groups in total. The summed E-state index contributed by atoms with van der Waals surface area (Å²) in [4.78, 5) is 15.8. The lowest BCUT2D eigenvalue weighted by Crippen LogP contribution is -2.48. The average molecular weight is 227 g/mol. The Bertz CT molecular complexity index is 228. The van der Waals surface area contributed by atoms with Crippen molar-refractivity contribution < 1.29 is 4.79 Å². The monoisotopic (exact) mass is 227 g/mol. The van der Waals surface area contributed by atoms with Crippen LogP contribution < -0.4 is 5.73 Å². The molecule has 94 valence electrons. The van der Waals surface area contributed by atoms with E-state index in [9.17, 15) is 4.79 Å². The van der Waals surface area contributed by atoms with Crippen LogP contribution in [0.2, 0.25) is 0 Å². The fourth-order valence-electron chi connectivity index (χ4n) is 2.45. The lowest BCUT2D eigenvalue weighted by molar-refractivity contribution is -0.134. The molecule has 1 fully saturated rings. The number of nitrogens with two attached hydrogens (primary N) is 1. The summed E-state index contributed by atoms with van der Waals surface area (Å²) in [5.74, 6) is 0.879. The third-order valence-electron chi connectivity index (χ3n) is 3.47. The van der Waals surface area contributed by atoms with Gasteiger partial charge < -0.3 is 10.6 Å². The fourth-order valence-corrected chi connectivity index (χ4v) is 2.45. The van der Waals surface area contributed by atoms with Gasteiger partial charge >= 0.3 is 0 Å². The molecule has 1 saturated heterocycles. The molecular weight excluding hydrogens is 202 g/mol. The summed E-state index contributed by atoms with van der Waals surface area (Å²) < 4.78 is 0. The van der Waals surface area contributed by atoms with Gasteiger partial charge in [0.2, 0.25) is 5.91 Å². The predicted molar refractivity (Wildman–Crippen MR) is 66.1 cm³/mol. The number of carbonyl (C=O) groups excluding carboxylic acids is 1. The van der Waals surface area contributed by atoms with Crippen molar-refractivity contribution in [1.82, 2.24) is 9.80 Å². The molecule has 0 spiro atoms. The number of hydrogen-bond donors (Lipinski definition) is 1. The molecule has 1 aliphatic heterocycles. The van der Waals surface area contributed by atoms with Gasteiger partial charge in [-0.15, -0.1) is 0 Å². The Kier molecular flexibility index (Phi) is 5.22. The van der Waals surface area contributed by atoms with Crippen molar-refractivity contribution in [1.29, 1.82) is 0 Å². The number of carbonyl (C=O) groups is 1. The first-order valence-corrected chi connectivity index (χ1v) is 6.21. The van der Waals surface area contributed by atoms with Crippen molar-refractivity contribution >= 4 is 5.91 Å². The molecule has 0 aromatic carbocycles. The number of piperidine rings is 1. The molecule has 0 aliphatic carbocycles. The first-order chi connectivity index (χ1) is 7.56. The number of hydrogen-bond acceptors (Lipinski definition) is 3. The molecule has 2 unspecified atom stereocenters. The van der Waals surface area contributed by atoms with Crippen LogP contribution in [-0.4, -0.2) is 55.5 Å². The fraction of sp³-hybridized carbons (Fsp3) is 0.917. The van der Waals surface area contributed by atoms with E-state index in [1.807, 2.05) is 21.0 Å². The highest BCUT2D eigenvalue weighted by Crippen LogP contribution is 2.21. The molecule has 1 aliphatic rings. The van der Waals surface area contributed by atoms with Crippen molar-refractivity contribution in [2.45, 2.75) is 32.2 Å². The second kappa shape index (κ2) is 6.21. The zero-order chi connectivity index (χ0) is 12.1. The zero-order valence-corrected chi connectivity index (χ0v) is 10.8. The van der Waals surface area contributed by atoms with Gasteiger partial charge in [-0.05, 0) is 45.2 Å². The largest absolute Gasteiger partial charge is 0.347 e. The van der Waals surface area contributed by atoms with Gasteiger partial charge in [-0.2, -0.15) is 0 Å². The summed E-state index contributed by atoms with van der Waals surface area (Å²) in [6.07, 6.45) is 3.53. The third-order valence-corrected chi connectivity index (χ3v) is 3.47. The van der Waals surface area contributed by atoms with Crippen LogP contribution >= 0.6 is 0 Å². The van der Waals surface area contributed by atoms with Crippen LogP contribution in [0, 0.1) is 5.92 Å². The highest BCUT2D eigenvalue weighted by Gasteiger charge is 2.27. The van der Waals surface area contributed by atoms with E-state index >= 15 is 0 Å². The second-order valence-corrected chi connectivity index (χ2v) is 4.99. The summed E-state index contributed by atoms with van der Waals surface area (Å²) in [7, 11) is 3.64. The van der Waals surface area contributed by atoms with E-state index in [-0.39, 0.29) is 11.9 Å². The maximum atomic E-state index is 11.9.